The van der Waals surface area contributed by atoms with E-state index in [1.165, 1.54) is 11.9 Å². The molecular formula is C7H6N2S3. The molecule has 0 aliphatic heterocycles. The van der Waals surface area contributed by atoms with E-state index in [1.807, 2.05) is 18.2 Å². The van der Waals surface area contributed by atoms with Crippen molar-refractivity contribution in [3.8, 4) is 0 Å². The van der Waals surface area contributed by atoms with E-state index in [0.29, 0.717) is 0 Å². The van der Waals surface area contributed by atoms with Crippen LogP contribution in [0.15, 0.2) is 23.1 Å². The molecule has 12 heavy (non-hydrogen) atoms. The Bertz CT molecular complexity index is 457. The molecule has 2 nitrogen and oxygen atoms in total. The zero-order valence-electron chi connectivity index (χ0n) is 6.03. The molecule has 0 bridgehead atoms. The smallest absolute Gasteiger partial charge is 0.159 e. The highest BCUT2D eigenvalue weighted by molar-refractivity contribution is 7.97. The van der Waals surface area contributed by atoms with Gasteiger partial charge in [0.2, 0.25) is 0 Å². The first-order valence-corrected chi connectivity index (χ1v) is 5.40. The highest BCUT2D eigenvalue weighted by Gasteiger charge is 2.01. The first-order chi connectivity index (χ1) is 5.81. The predicted molar refractivity (Wildman–Crippen MR) is 57.1 cm³/mol. The molecule has 0 atom stereocenters. The van der Waals surface area contributed by atoms with Crippen molar-refractivity contribution in [3.63, 3.8) is 0 Å². The van der Waals surface area contributed by atoms with Crippen molar-refractivity contribution in [2.75, 3.05) is 0 Å². The van der Waals surface area contributed by atoms with E-state index in [0.717, 1.165) is 19.1 Å². The Morgan fingerprint density at radius 2 is 2.33 bits per heavy atom. The molecule has 0 amide bonds. The van der Waals surface area contributed by atoms with E-state index in [-0.39, 0.29) is 0 Å². The standard InChI is InChI=1S/C7H6N2S3/c8-12-5-3-1-2-4-6(5)9-7(10)11-4/h1-3H,8H2,(H,9,10). The summed E-state index contributed by atoms with van der Waals surface area (Å²) in [5, 5.41) is 5.49. The van der Waals surface area contributed by atoms with Crippen LogP contribution in [0.4, 0.5) is 0 Å². The molecule has 1 aromatic carbocycles. The summed E-state index contributed by atoms with van der Waals surface area (Å²) in [6.07, 6.45) is 0. The minimum atomic E-state index is 0.798. The van der Waals surface area contributed by atoms with Gasteiger partial charge in [0.1, 0.15) is 0 Å². The average molecular weight is 214 g/mol. The topological polar surface area (TPSA) is 41.8 Å². The molecule has 0 aliphatic carbocycles. The van der Waals surface area contributed by atoms with E-state index in [9.17, 15) is 0 Å². The lowest BCUT2D eigenvalue weighted by Gasteiger charge is -1.95. The molecule has 62 valence electrons. The average Bonchev–Trinajstić information content (AvgIpc) is 2.44. The second-order valence-electron chi connectivity index (χ2n) is 2.26. The molecule has 0 radical (unpaired) electrons. The van der Waals surface area contributed by atoms with Crippen molar-refractivity contribution in [2.45, 2.75) is 4.90 Å². The van der Waals surface area contributed by atoms with Gasteiger partial charge in [0.15, 0.2) is 3.95 Å². The van der Waals surface area contributed by atoms with Crippen molar-refractivity contribution >= 4 is 45.7 Å². The maximum Gasteiger partial charge on any atom is 0.159 e. The number of aromatic nitrogens is 1. The number of hydrogen-bond acceptors (Lipinski definition) is 4. The van der Waals surface area contributed by atoms with Crippen LogP contribution in [0.1, 0.15) is 0 Å². The molecule has 0 spiro atoms. The van der Waals surface area contributed by atoms with Crippen molar-refractivity contribution in [1.82, 2.24) is 4.98 Å². The summed E-state index contributed by atoms with van der Waals surface area (Å²) in [5.41, 5.74) is 1.06. The van der Waals surface area contributed by atoms with Crippen LogP contribution in [0.2, 0.25) is 0 Å². The fourth-order valence-electron chi connectivity index (χ4n) is 1.04. The van der Waals surface area contributed by atoms with E-state index < -0.39 is 0 Å². The monoisotopic (exact) mass is 214 g/mol. The number of nitrogens with one attached hydrogen (secondary N) is 1. The molecule has 1 heterocycles. The van der Waals surface area contributed by atoms with Crippen LogP contribution in [-0.2, 0) is 0 Å². The van der Waals surface area contributed by atoms with Gasteiger partial charge in [-0.3, -0.25) is 5.14 Å². The van der Waals surface area contributed by atoms with Crippen LogP contribution in [0.25, 0.3) is 10.2 Å². The van der Waals surface area contributed by atoms with Crippen LogP contribution < -0.4 is 5.14 Å². The molecule has 0 unspecified atom stereocenters. The van der Waals surface area contributed by atoms with Gasteiger partial charge in [-0.2, -0.15) is 0 Å². The van der Waals surface area contributed by atoms with E-state index in [1.54, 1.807) is 11.3 Å². The molecule has 1 aromatic heterocycles. The van der Waals surface area contributed by atoms with Crippen LogP contribution in [-0.4, -0.2) is 4.98 Å². The molecular weight excluding hydrogens is 208 g/mol. The summed E-state index contributed by atoms with van der Waals surface area (Å²) in [7, 11) is 0. The van der Waals surface area contributed by atoms with E-state index in [2.05, 4.69) is 4.98 Å². The molecule has 5 heteroatoms. The summed E-state index contributed by atoms with van der Waals surface area (Å²) in [4.78, 5) is 4.15. The lowest BCUT2D eigenvalue weighted by molar-refractivity contribution is 1.39. The molecule has 0 aliphatic rings. The number of thiazole rings is 1. The SMILES string of the molecule is NSc1cccc2sc(=S)[nH]c12. The van der Waals surface area contributed by atoms with Gasteiger partial charge in [-0.1, -0.05) is 6.07 Å². The van der Waals surface area contributed by atoms with Crippen LogP contribution in [0.3, 0.4) is 0 Å². The molecule has 3 N–H and O–H groups in total. The molecule has 0 saturated heterocycles. The van der Waals surface area contributed by atoms with Gasteiger partial charge in [-0.25, -0.2) is 0 Å². The van der Waals surface area contributed by atoms with Crippen molar-refractivity contribution < 1.29 is 0 Å². The summed E-state index contributed by atoms with van der Waals surface area (Å²) in [6.45, 7) is 0. The lowest BCUT2D eigenvalue weighted by Crippen LogP contribution is -1.80. The second-order valence-corrected chi connectivity index (χ2v) is 4.66. The summed E-state index contributed by atoms with van der Waals surface area (Å²) in [5.74, 6) is 0. The zero-order valence-corrected chi connectivity index (χ0v) is 8.48. The zero-order chi connectivity index (χ0) is 8.55. The largest absolute Gasteiger partial charge is 0.336 e. The van der Waals surface area contributed by atoms with Crippen LogP contribution >= 0.6 is 35.5 Å². The van der Waals surface area contributed by atoms with Crippen LogP contribution in [0.5, 0.6) is 0 Å². The number of benzene rings is 1. The second kappa shape index (κ2) is 3.18. The minimum absolute atomic E-state index is 0.798. The maximum atomic E-state index is 5.49. The van der Waals surface area contributed by atoms with E-state index >= 15 is 0 Å². The number of nitrogens with two attached hydrogens (primary N) is 1. The third-order valence-electron chi connectivity index (χ3n) is 1.54. The third kappa shape index (κ3) is 1.29. The number of rotatable bonds is 1. The number of fused-ring (bicyclic) bond motifs is 1. The highest BCUT2D eigenvalue weighted by atomic mass is 32.2. The Morgan fingerprint density at radius 3 is 3.08 bits per heavy atom. The van der Waals surface area contributed by atoms with Gasteiger partial charge >= 0.3 is 0 Å². The quantitative estimate of drug-likeness (QED) is 0.566. The van der Waals surface area contributed by atoms with Gasteiger partial charge in [-0.05, 0) is 36.3 Å². The Morgan fingerprint density at radius 1 is 1.50 bits per heavy atom. The normalized spacial score (nSPS) is 10.8. The summed E-state index contributed by atoms with van der Waals surface area (Å²) < 4.78 is 1.96. The third-order valence-corrected chi connectivity index (χ3v) is 3.34. The van der Waals surface area contributed by atoms with E-state index in [4.69, 9.17) is 17.4 Å². The van der Waals surface area contributed by atoms with Gasteiger partial charge < -0.3 is 4.98 Å². The predicted octanol–water partition coefficient (Wildman–Crippen LogP) is 2.92. The minimum Gasteiger partial charge on any atom is -0.336 e. The number of para-hydroxylation sites is 1. The first-order valence-electron chi connectivity index (χ1n) is 3.30. The van der Waals surface area contributed by atoms with Gasteiger partial charge in [-0.15, -0.1) is 11.3 Å². The van der Waals surface area contributed by atoms with Gasteiger partial charge in [0.05, 0.1) is 10.2 Å². The number of H-pyrrole nitrogens is 1. The van der Waals surface area contributed by atoms with Crippen LogP contribution in [0, 0.1) is 3.95 Å². The highest BCUT2D eigenvalue weighted by Crippen LogP contribution is 2.26. The van der Waals surface area contributed by atoms with Crippen molar-refractivity contribution in [1.29, 1.82) is 0 Å². The Kier molecular flexibility index (Phi) is 2.18. The van der Waals surface area contributed by atoms with Gasteiger partial charge in [0.25, 0.3) is 0 Å². The molecule has 2 aromatic rings. The number of aromatic amines is 1. The Hall–Kier alpha value is -0.360. The fraction of sp³-hybridized carbons (Fsp3) is 0. The van der Waals surface area contributed by atoms with Crippen molar-refractivity contribution in [3.05, 3.63) is 22.2 Å². The Labute approximate surface area is 82.9 Å². The summed E-state index contributed by atoms with van der Waals surface area (Å²) >= 11 is 7.85. The number of hydrogen-bond donors (Lipinski definition) is 2. The Balaban J connectivity index is 2.87. The van der Waals surface area contributed by atoms with Gasteiger partial charge in [0, 0.05) is 4.90 Å². The van der Waals surface area contributed by atoms with Crippen molar-refractivity contribution in [2.24, 2.45) is 5.14 Å². The molecule has 2 rings (SSSR count). The first kappa shape index (κ1) is 8.25. The fourth-order valence-corrected chi connectivity index (χ4v) is 2.68. The maximum absolute atomic E-state index is 5.49. The molecule has 0 saturated carbocycles. The summed E-state index contributed by atoms with van der Waals surface area (Å²) in [6, 6.07) is 5.99. The molecule has 0 fully saturated rings. The lowest BCUT2D eigenvalue weighted by atomic mass is 10.3.